The number of thiophene rings is 1. The molecule has 3 rings (SSSR count). The summed E-state index contributed by atoms with van der Waals surface area (Å²) in [4.78, 5) is 15.6. The van der Waals surface area contributed by atoms with Crippen LogP contribution in [0.2, 0.25) is 0 Å². The van der Waals surface area contributed by atoms with E-state index in [9.17, 15) is 4.79 Å². The first-order valence-electron chi connectivity index (χ1n) is 6.98. The van der Waals surface area contributed by atoms with E-state index >= 15 is 0 Å². The molecule has 3 heterocycles. The standard InChI is InChI=1S/C14H21N3OS/c1-10(13-3-2-4-19-13)16-14(18)9-17-7-11-5-15-6-12(11)8-17/h2-4,10-12,15H,5-9H2,1H3,(H,16,18). The molecule has 0 spiro atoms. The van der Waals surface area contributed by atoms with Crippen molar-refractivity contribution in [3.63, 3.8) is 0 Å². The molecule has 2 aliphatic heterocycles. The molecule has 0 aliphatic carbocycles. The van der Waals surface area contributed by atoms with Crippen LogP contribution in [0, 0.1) is 11.8 Å². The van der Waals surface area contributed by atoms with Crippen LogP contribution in [0.4, 0.5) is 0 Å². The Labute approximate surface area is 118 Å². The van der Waals surface area contributed by atoms with Gasteiger partial charge in [-0.15, -0.1) is 11.3 Å². The first kappa shape index (κ1) is 13.1. The molecule has 5 heteroatoms. The molecule has 2 N–H and O–H groups in total. The van der Waals surface area contributed by atoms with Gasteiger partial charge in [-0.2, -0.15) is 0 Å². The molecule has 2 aliphatic rings. The minimum absolute atomic E-state index is 0.122. The Hall–Kier alpha value is -0.910. The lowest BCUT2D eigenvalue weighted by Crippen LogP contribution is -2.38. The van der Waals surface area contributed by atoms with Gasteiger partial charge < -0.3 is 10.6 Å². The molecule has 0 aromatic carbocycles. The highest BCUT2D eigenvalue weighted by molar-refractivity contribution is 7.10. The number of rotatable bonds is 4. The molecular formula is C14H21N3OS. The van der Waals surface area contributed by atoms with E-state index in [4.69, 9.17) is 0 Å². The molecule has 19 heavy (non-hydrogen) atoms. The van der Waals surface area contributed by atoms with Gasteiger partial charge in [0.25, 0.3) is 0 Å². The lowest BCUT2D eigenvalue weighted by atomic mass is 10.0. The summed E-state index contributed by atoms with van der Waals surface area (Å²) < 4.78 is 0. The summed E-state index contributed by atoms with van der Waals surface area (Å²) in [6, 6.07) is 4.22. The van der Waals surface area contributed by atoms with Crippen LogP contribution in [0.25, 0.3) is 0 Å². The van der Waals surface area contributed by atoms with E-state index in [-0.39, 0.29) is 11.9 Å². The fourth-order valence-electron chi connectivity index (χ4n) is 3.18. The third-order valence-electron chi connectivity index (χ3n) is 4.18. The summed E-state index contributed by atoms with van der Waals surface area (Å²) in [5, 5.41) is 8.56. The van der Waals surface area contributed by atoms with E-state index in [1.54, 1.807) is 11.3 Å². The van der Waals surface area contributed by atoms with Crippen molar-refractivity contribution in [2.24, 2.45) is 11.8 Å². The topological polar surface area (TPSA) is 44.4 Å². The molecule has 4 nitrogen and oxygen atoms in total. The largest absolute Gasteiger partial charge is 0.348 e. The fourth-order valence-corrected chi connectivity index (χ4v) is 3.92. The highest BCUT2D eigenvalue weighted by Crippen LogP contribution is 2.26. The highest BCUT2D eigenvalue weighted by Gasteiger charge is 2.36. The normalized spacial score (nSPS) is 28.3. The van der Waals surface area contributed by atoms with E-state index in [0.717, 1.165) is 38.0 Å². The Kier molecular flexibility index (Phi) is 3.86. The summed E-state index contributed by atoms with van der Waals surface area (Å²) in [6.07, 6.45) is 0. The van der Waals surface area contributed by atoms with Crippen LogP contribution < -0.4 is 10.6 Å². The zero-order valence-electron chi connectivity index (χ0n) is 11.3. The zero-order chi connectivity index (χ0) is 13.2. The lowest BCUT2D eigenvalue weighted by molar-refractivity contribution is -0.122. The lowest BCUT2D eigenvalue weighted by Gasteiger charge is -2.18. The van der Waals surface area contributed by atoms with Gasteiger partial charge in [0.2, 0.25) is 5.91 Å². The molecule has 104 valence electrons. The molecule has 3 atom stereocenters. The van der Waals surface area contributed by atoms with Crippen molar-refractivity contribution in [1.29, 1.82) is 0 Å². The van der Waals surface area contributed by atoms with Crippen molar-refractivity contribution >= 4 is 17.2 Å². The summed E-state index contributed by atoms with van der Waals surface area (Å²) in [6.45, 7) is 6.97. The van der Waals surface area contributed by atoms with Crippen LogP contribution in [0.5, 0.6) is 0 Å². The van der Waals surface area contributed by atoms with Gasteiger partial charge in [-0.3, -0.25) is 9.69 Å². The molecule has 3 unspecified atom stereocenters. The molecule has 1 aromatic heterocycles. The number of fused-ring (bicyclic) bond motifs is 1. The van der Waals surface area contributed by atoms with Gasteiger partial charge in [-0.25, -0.2) is 0 Å². The Bertz CT molecular complexity index is 422. The Morgan fingerprint density at radius 2 is 2.26 bits per heavy atom. The molecular weight excluding hydrogens is 258 g/mol. The minimum Gasteiger partial charge on any atom is -0.348 e. The van der Waals surface area contributed by atoms with E-state index < -0.39 is 0 Å². The maximum atomic E-state index is 12.1. The number of carbonyl (C=O) groups excluding carboxylic acids is 1. The number of hydrogen-bond acceptors (Lipinski definition) is 4. The molecule has 2 fully saturated rings. The summed E-state index contributed by atoms with van der Waals surface area (Å²) >= 11 is 1.69. The van der Waals surface area contributed by atoms with Crippen LogP contribution in [-0.2, 0) is 4.79 Å². The number of carbonyl (C=O) groups is 1. The first-order valence-corrected chi connectivity index (χ1v) is 7.86. The molecule has 1 aromatic rings. The van der Waals surface area contributed by atoms with Gasteiger partial charge in [0, 0.05) is 18.0 Å². The van der Waals surface area contributed by atoms with Crippen LogP contribution in [-0.4, -0.2) is 43.5 Å². The van der Waals surface area contributed by atoms with Crippen LogP contribution in [0.3, 0.4) is 0 Å². The van der Waals surface area contributed by atoms with E-state index in [0.29, 0.717) is 6.54 Å². The summed E-state index contributed by atoms with van der Waals surface area (Å²) in [7, 11) is 0. The summed E-state index contributed by atoms with van der Waals surface area (Å²) in [5.41, 5.74) is 0. The van der Waals surface area contributed by atoms with Gasteiger partial charge in [0.15, 0.2) is 0 Å². The second kappa shape index (κ2) is 5.61. The second-order valence-electron chi connectivity index (χ2n) is 5.68. The number of amides is 1. The van der Waals surface area contributed by atoms with Gasteiger partial charge >= 0.3 is 0 Å². The van der Waals surface area contributed by atoms with Crippen molar-refractivity contribution in [2.75, 3.05) is 32.7 Å². The van der Waals surface area contributed by atoms with Gasteiger partial charge in [0.1, 0.15) is 0 Å². The number of nitrogens with zero attached hydrogens (tertiary/aromatic N) is 1. The van der Waals surface area contributed by atoms with E-state index in [1.807, 2.05) is 18.4 Å². The quantitative estimate of drug-likeness (QED) is 0.867. The second-order valence-corrected chi connectivity index (χ2v) is 6.66. The fraction of sp³-hybridized carbons (Fsp3) is 0.643. The Morgan fingerprint density at radius 1 is 1.53 bits per heavy atom. The third kappa shape index (κ3) is 2.99. The zero-order valence-corrected chi connectivity index (χ0v) is 12.1. The summed E-state index contributed by atoms with van der Waals surface area (Å²) in [5.74, 6) is 1.65. The number of hydrogen-bond donors (Lipinski definition) is 2. The third-order valence-corrected chi connectivity index (χ3v) is 5.23. The van der Waals surface area contributed by atoms with Gasteiger partial charge in [-0.05, 0) is 43.3 Å². The first-order chi connectivity index (χ1) is 9.22. The Balaban J connectivity index is 1.47. The average molecular weight is 279 g/mol. The predicted octanol–water partition coefficient (Wildman–Crippen LogP) is 1.08. The van der Waals surface area contributed by atoms with Gasteiger partial charge in [0.05, 0.1) is 12.6 Å². The van der Waals surface area contributed by atoms with Crippen molar-refractivity contribution < 1.29 is 4.79 Å². The molecule has 0 radical (unpaired) electrons. The predicted molar refractivity (Wildman–Crippen MR) is 77.2 cm³/mol. The van der Waals surface area contributed by atoms with E-state index in [1.165, 1.54) is 4.88 Å². The van der Waals surface area contributed by atoms with Crippen molar-refractivity contribution in [3.05, 3.63) is 22.4 Å². The number of likely N-dealkylation sites (tertiary alicyclic amines) is 1. The molecule has 1 amide bonds. The van der Waals surface area contributed by atoms with Crippen molar-refractivity contribution in [2.45, 2.75) is 13.0 Å². The van der Waals surface area contributed by atoms with E-state index in [2.05, 4.69) is 21.6 Å². The van der Waals surface area contributed by atoms with Gasteiger partial charge in [-0.1, -0.05) is 6.07 Å². The van der Waals surface area contributed by atoms with Crippen LogP contribution >= 0.6 is 11.3 Å². The monoisotopic (exact) mass is 279 g/mol. The molecule has 0 bridgehead atoms. The number of nitrogens with one attached hydrogen (secondary N) is 2. The SMILES string of the molecule is CC(NC(=O)CN1CC2CNCC2C1)c1cccs1. The minimum atomic E-state index is 0.122. The highest BCUT2D eigenvalue weighted by atomic mass is 32.1. The molecule has 0 saturated carbocycles. The maximum absolute atomic E-state index is 12.1. The van der Waals surface area contributed by atoms with Crippen LogP contribution in [0.1, 0.15) is 17.8 Å². The van der Waals surface area contributed by atoms with Crippen molar-refractivity contribution in [1.82, 2.24) is 15.5 Å². The smallest absolute Gasteiger partial charge is 0.234 e. The van der Waals surface area contributed by atoms with Crippen LogP contribution in [0.15, 0.2) is 17.5 Å². The Morgan fingerprint density at radius 3 is 2.89 bits per heavy atom. The average Bonchev–Trinajstić information content (AvgIpc) is 3.03. The maximum Gasteiger partial charge on any atom is 0.234 e. The molecule has 2 saturated heterocycles. The van der Waals surface area contributed by atoms with Crippen molar-refractivity contribution in [3.8, 4) is 0 Å².